The molecule has 5 aromatic carbocycles. The van der Waals surface area contributed by atoms with Gasteiger partial charge in [0.1, 0.15) is 5.75 Å². The first-order valence-corrected chi connectivity index (χ1v) is 17.0. The maximum absolute atomic E-state index is 13.8. The van der Waals surface area contributed by atoms with E-state index in [0.29, 0.717) is 39.6 Å². The standard InChI is InChI=1S/C37H32N4O7S/c1-41-31-11-7-6-10-29(31)35(23-8-4-3-5-9-23)39-36(37(41)43)38-34(42)21-30(26-14-17-32-33(20-26)48-22-47-32)40-49(44,45)28-16-13-24-18-27(46-2)15-12-25(24)19-28/h3-20,30,36,40H,21-22H2,1-2H3,(H,38,42)/t30-,36?/m1/s1. The molecule has 2 aliphatic heterocycles. The molecule has 2 N–H and O–H groups in total. The Hall–Kier alpha value is -5.72. The summed E-state index contributed by atoms with van der Waals surface area (Å²) in [6.07, 6.45) is -1.62. The van der Waals surface area contributed by atoms with Crippen molar-refractivity contribution in [2.75, 3.05) is 25.9 Å². The normalized spacial score (nSPS) is 16.0. The number of ether oxygens (including phenoxy) is 3. The molecule has 2 amide bonds. The number of methoxy groups -OCH3 is 1. The van der Waals surface area contributed by atoms with Gasteiger partial charge in [-0.2, -0.15) is 0 Å². The van der Waals surface area contributed by atoms with Crippen molar-refractivity contribution < 1.29 is 32.2 Å². The summed E-state index contributed by atoms with van der Waals surface area (Å²) in [4.78, 5) is 33.8. The number of sulfonamides is 1. The molecular formula is C37H32N4O7S. The number of rotatable bonds is 9. The molecule has 0 radical (unpaired) electrons. The number of likely N-dealkylation sites (N-methyl/N-ethyl adjacent to an activating group) is 1. The third-order valence-electron chi connectivity index (χ3n) is 8.50. The number of amides is 2. The van der Waals surface area contributed by atoms with E-state index in [0.717, 1.165) is 16.5 Å². The number of hydrogen-bond acceptors (Lipinski definition) is 8. The molecule has 248 valence electrons. The molecule has 12 heteroatoms. The molecule has 0 bridgehead atoms. The topological polar surface area (TPSA) is 136 Å². The van der Waals surface area contributed by atoms with Gasteiger partial charge < -0.3 is 24.4 Å². The van der Waals surface area contributed by atoms with Gasteiger partial charge in [-0.3, -0.25) is 9.59 Å². The van der Waals surface area contributed by atoms with Crippen LogP contribution in [0.15, 0.2) is 119 Å². The van der Waals surface area contributed by atoms with E-state index in [9.17, 15) is 18.0 Å². The molecule has 49 heavy (non-hydrogen) atoms. The molecule has 11 nitrogen and oxygen atoms in total. The van der Waals surface area contributed by atoms with Crippen molar-refractivity contribution in [2.24, 2.45) is 4.99 Å². The van der Waals surface area contributed by atoms with E-state index >= 15 is 0 Å². The molecule has 0 spiro atoms. The largest absolute Gasteiger partial charge is 0.497 e. The number of benzodiazepines with no additional fused rings is 1. The second kappa shape index (κ2) is 13.1. The summed E-state index contributed by atoms with van der Waals surface area (Å²) in [6, 6.07) is 30.8. The van der Waals surface area contributed by atoms with Crippen LogP contribution in [0.1, 0.15) is 29.2 Å². The Morgan fingerprint density at radius 3 is 2.47 bits per heavy atom. The predicted molar refractivity (Wildman–Crippen MR) is 185 cm³/mol. The highest BCUT2D eigenvalue weighted by molar-refractivity contribution is 7.89. The van der Waals surface area contributed by atoms with E-state index in [4.69, 9.17) is 19.2 Å². The maximum atomic E-state index is 13.8. The number of fused-ring (bicyclic) bond motifs is 3. The van der Waals surface area contributed by atoms with Crippen LogP contribution in [0.4, 0.5) is 5.69 Å². The zero-order chi connectivity index (χ0) is 34.1. The van der Waals surface area contributed by atoms with Gasteiger partial charge in [0, 0.05) is 24.6 Å². The third-order valence-corrected chi connectivity index (χ3v) is 9.97. The van der Waals surface area contributed by atoms with Gasteiger partial charge in [0.15, 0.2) is 11.5 Å². The third kappa shape index (κ3) is 6.43. The number of carbonyl (C=O) groups is 2. The maximum Gasteiger partial charge on any atom is 0.272 e. The average molecular weight is 677 g/mol. The number of nitrogens with zero attached hydrogens (tertiary/aromatic N) is 2. The lowest BCUT2D eigenvalue weighted by Gasteiger charge is -2.23. The Labute approximate surface area is 283 Å². The van der Waals surface area contributed by atoms with Crippen molar-refractivity contribution in [1.29, 1.82) is 0 Å². The number of aliphatic imine (C=N–C) groups is 1. The first kappa shape index (κ1) is 31.9. The summed E-state index contributed by atoms with van der Waals surface area (Å²) in [5.74, 6) is 0.550. The average Bonchev–Trinajstić information content (AvgIpc) is 3.57. The summed E-state index contributed by atoms with van der Waals surface area (Å²) >= 11 is 0. The Kier molecular flexibility index (Phi) is 8.49. The molecule has 5 aromatic rings. The molecule has 0 fully saturated rings. The van der Waals surface area contributed by atoms with Gasteiger partial charge in [-0.05, 0) is 58.8 Å². The first-order valence-electron chi connectivity index (χ1n) is 15.5. The second-order valence-electron chi connectivity index (χ2n) is 11.6. The van der Waals surface area contributed by atoms with Crippen molar-refractivity contribution in [1.82, 2.24) is 10.0 Å². The predicted octanol–water partition coefficient (Wildman–Crippen LogP) is 4.94. The van der Waals surface area contributed by atoms with Gasteiger partial charge in [0.05, 0.1) is 29.4 Å². The minimum atomic E-state index is -4.15. The minimum Gasteiger partial charge on any atom is -0.497 e. The molecule has 0 saturated heterocycles. The molecule has 1 unspecified atom stereocenters. The quantitative estimate of drug-likeness (QED) is 0.226. The summed E-state index contributed by atoms with van der Waals surface area (Å²) < 4.78 is 46.7. The monoisotopic (exact) mass is 676 g/mol. The number of hydrogen-bond donors (Lipinski definition) is 2. The second-order valence-corrected chi connectivity index (χ2v) is 13.3. The van der Waals surface area contributed by atoms with E-state index in [1.165, 1.54) is 11.0 Å². The van der Waals surface area contributed by atoms with Crippen LogP contribution in [0.5, 0.6) is 17.2 Å². The fraction of sp³-hybridized carbons (Fsp3) is 0.162. The lowest BCUT2D eigenvalue weighted by atomic mass is 10.0. The van der Waals surface area contributed by atoms with E-state index in [1.807, 2.05) is 60.7 Å². The van der Waals surface area contributed by atoms with Crippen LogP contribution in [0.3, 0.4) is 0 Å². The lowest BCUT2D eigenvalue weighted by Crippen LogP contribution is -2.47. The molecule has 0 aromatic heterocycles. The fourth-order valence-electron chi connectivity index (χ4n) is 5.95. The molecule has 2 aliphatic rings. The van der Waals surface area contributed by atoms with Gasteiger partial charge in [-0.25, -0.2) is 18.1 Å². The SMILES string of the molecule is COc1ccc2cc(S(=O)(=O)N[C@H](CC(=O)NC3N=C(c4ccccc4)c4ccccc4N(C)C3=O)c3ccc4c(c3)OCO4)ccc2c1. The highest BCUT2D eigenvalue weighted by Gasteiger charge is 2.33. The van der Waals surface area contributed by atoms with Crippen molar-refractivity contribution in [3.63, 3.8) is 0 Å². The molecule has 0 aliphatic carbocycles. The van der Waals surface area contributed by atoms with Crippen LogP contribution in [0.2, 0.25) is 0 Å². The first-order chi connectivity index (χ1) is 23.7. The Morgan fingerprint density at radius 1 is 0.918 bits per heavy atom. The van der Waals surface area contributed by atoms with E-state index in [2.05, 4.69) is 10.0 Å². The van der Waals surface area contributed by atoms with Gasteiger partial charge in [-0.15, -0.1) is 0 Å². The van der Waals surface area contributed by atoms with Gasteiger partial charge in [-0.1, -0.05) is 66.7 Å². The highest BCUT2D eigenvalue weighted by atomic mass is 32.2. The summed E-state index contributed by atoms with van der Waals surface area (Å²) in [6.45, 7) is 0.0268. The van der Waals surface area contributed by atoms with Crippen molar-refractivity contribution in [3.05, 3.63) is 126 Å². The van der Waals surface area contributed by atoms with Crippen LogP contribution in [-0.2, 0) is 19.6 Å². The van der Waals surface area contributed by atoms with E-state index in [-0.39, 0.29) is 18.1 Å². The molecule has 2 atom stereocenters. The Morgan fingerprint density at radius 2 is 1.65 bits per heavy atom. The molecule has 7 rings (SSSR count). The van der Waals surface area contributed by atoms with E-state index < -0.39 is 34.0 Å². The smallest absolute Gasteiger partial charge is 0.272 e. The fourth-order valence-corrected chi connectivity index (χ4v) is 7.21. The molecule has 2 heterocycles. The van der Waals surface area contributed by atoms with Gasteiger partial charge in [0.2, 0.25) is 28.9 Å². The summed E-state index contributed by atoms with van der Waals surface area (Å²) in [5.41, 5.74) is 3.17. The number of anilines is 1. The Balaban J connectivity index is 1.20. The van der Waals surface area contributed by atoms with Crippen LogP contribution < -0.4 is 29.1 Å². The van der Waals surface area contributed by atoms with Crippen molar-refractivity contribution >= 4 is 44.0 Å². The van der Waals surface area contributed by atoms with Gasteiger partial charge in [0.25, 0.3) is 5.91 Å². The molecule has 0 saturated carbocycles. The van der Waals surface area contributed by atoms with Crippen molar-refractivity contribution in [3.8, 4) is 17.2 Å². The van der Waals surface area contributed by atoms with Gasteiger partial charge >= 0.3 is 0 Å². The summed E-state index contributed by atoms with van der Waals surface area (Å²) in [7, 11) is -0.955. The minimum absolute atomic E-state index is 0.0201. The van der Waals surface area contributed by atoms with Crippen LogP contribution in [0.25, 0.3) is 10.8 Å². The number of carbonyl (C=O) groups excluding carboxylic acids is 2. The van der Waals surface area contributed by atoms with E-state index in [1.54, 1.807) is 56.6 Å². The summed E-state index contributed by atoms with van der Waals surface area (Å²) in [5, 5.41) is 4.27. The lowest BCUT2D eigenvalue weighted by molar-refractivity contribution is -0.127. The van der Waals surface area contributed by atoms with Crippen LogP contribution >= 0.6 is 0 Å². The number of benzene rings is 5. The number of para-hydroxylation sites is 1. The highest BCUT2D eigenvalue weighted by Crippen LogP contribution is 2.36. The zero-order valence-electron chi connectivity index (χ0n) is 26.6. The number of nitrogens with one attached hydrogen (secondary N) is 2. The zero-order valence-corrected chi connectivity index (χ0v) is 27.4. The van der Waals surface area contributed by atoms with Crippen LogP contribution in [0, 0.1) is 0 Å². The Bertz CT molecular complexity index is 2220. The van der Waals surface area contributed by atoms with Crippen LogP contribution in [-0.4, -0.2) is 53.1 Å². The molecular weight excluding hydrogens is 644 g/mol. The van der Waals surface area contributed by atoms with Crippen molar-refractivity contribution in [2.45, 2.75) is 23.5 Å².